The first kappa shape index (κ1) is 26.7. The largest absolute Gasteiger partial charge is 0.493 e. The molecule has 4 rings (SSSR count). The number of carbonyl (C=O) groups excluding carboxylic acids is 1. The number of rotatable bonds is 7. The highest BCUT2D eigenvalue weighted by Gasteiger charge is 2.38. The summed E-state index contributed by atoms with van der Waals surface area (Å²) >= 11 is 0. The van der Waals surface area contributed by atoms with E-state index in [1.54, 1.807) is 12.4 Å². The molecule has 196 valence electrons. The lowest BCUT2D eigenvalue weighted by atomic mass is 9.91. The van der Waals surface area contributed by atoms with Crippen LogP contribution >= 0.6 is 0 Å². The smallest absolute Gasteiger partial charge is 0.471 e. The summed E-state index contributed by atoms with van der Waals surface area (Å²) in [5.41, 5.74) is 4.97. The van der Waals surface area contributed by atoms with Gasteiger partial charge in [-0.2, -0.15) is 13.2 Å². The summed E-state index contributed by atoms with van der Waals surface area (Å²) in [5.74, 6) is -1.73. The molecule has 0 saturated heterocycles. The number of anilines is 1. The van der Waals surface area contributed by atoms with E-state index in [0.717, 1.165) is 33.9 Å². The third-order valence-electron chi connectivity index (χ3n) is 6.06. The zero-order valence-corrected chi connectivity index (χ0v) is 20.9. The van der Waals surface area contributed by atoms with E-state index in [1.807, 2.05) is 74.5 Å². The molecule has 4 aromatic rings. The Morgan fingerprint density at radius 1 is 0.816 bits per heavy atom. The van der Waals surface area contributed by atoms with E-state index in [1.165, 1.54) is 12.1 Å². The predicted molar refractivity (Wildman–Crippen MR) is 139 cm³/mol. The number of nitrogens with one attached hydrogen (secondary N) is 1. The van der Waals surface area contributed by atoms with Gasteiger partial charge in [0.25, 0.3) is 0 Å². The zero-order valence-electron chi connectivity index (χ0n) is 20.9. The van der Waals surface area contributed by atoms with Crippen LogP contribution < -0.4 is 14.8 Å². The van der Waals surface area contributed by atoms with Gasteiger partial charge < -0.3 is 14.8 Å². The fraction of sp³-hybridized carbons (Fsp3) is 0.167. The van der Waals surface area contributed by atoms with Gasteiger partial charge in [-0.15, -0.1) is 0 Å². The molecule has 0 spiro atoms. The van der Waals surface area contributed by atoms with Gasteiger partial charge in [0.1, 0.15) is 12.4 Å². The van der Waals surface area contributed by atoms with Crippen LogP contribution in [0.25, 0.3) is 22.3 Å². The van der Waals surface area contributed by atoms with Crippen LogP contribution in [-0.4, -0.2) is 19.2 Å². The third-order valence-corrected chi connectivity index (χ3v) is 6.06. The van der Waals surface area contributed by atoms with Gasteiger partial charge >= 0.3 is 12.1 Å². The second-order valence-electron chi connectivity index (χ2n) is 8.77. The molecule has 0 heterocycles. The fourth-order valence-corrected chi connectivity index (χ4v) is 4.12. The summed E-state index contributed by atoms with van der Waals surface area (Å²) < 4.78 is 63.9. The van der Waals surface area contributed by atoms with E-state index in [4.69, 9.17) is 9.47 Å². The molecule has 0 aliphatic heterocycles. The molecule has 38 heavy (non-hydrogen) atoms. The van der Waals surface area contributed by atoms with Gasteiger partial charge in [-0.25, -0.2) is 4.39 Å². The highest BCUT2D eigenvalue weighted by atomic mass is 19.4. The van der Waals surface area contributed by atoms with Crippen LogP contribution in [0.3, 0.4) is 0 Å². The Hall–Kier alpha value is -4.33. The minimum absolute atomic E-state index is 0.212. The van der Waals surface area contributed by atoms with Gasteiger partial charge in [-0.3, -0.25) is 4.79 Å². The number of alkyl halides is 3. The highest BCUT2D eigenvalue weighted by molar-refractivity contribution is 5.95. The number of benzene rings is 4. The van der Waals surface area contributed by atoms with Crippen molar-refractivity contribution in [2.24, 2.45) is 0 Å². The molecule has 1 amide bonds. The minimum atomic E-state index is -5.06. The van der Waals surface area contributed by atoms with Crippen molar-refractivity contribution >= 4 is 11.6 Å². The van der Waals surface area contributed by atoms with Crippen LogP contribution in [0.15, 0.2) is 78.9 Å². The number of amides is 1. The van der Waals surface area contributed by atoms with Crippen LogP contribution in [-0.2, 0) is 11.4 Å². The van der Waals surface area contributed by atoms with Crippen LogP contribution in [0, 0.1) is 19.7 Å². The van der Waals surface area contributed by atoms with Crippen molar-refractivity contribution in [1.82, 2.24) is 0 Å². The van der Waals surface area contributed by atoms with Crippen LogP contribution in [0.5, 0.6) is 11.5 Å². The molecule has 0 atom stereocenters. The Kier molecular flexibility index (Phi) is 7.71. The molecule has 8 heteroatoms. The third kappa shape index (κ3) is 5.96. The zero-order chi connectivity index (χ0) is 27.4. The number of aryl methyl sites for hydroxylation is 2. The highest BCUT2D eigenvalue weighted by Crippen LogP contribution is 2.37. The fourth-order valence-electron chi connectivity index (χ4n) is 4.12. The van der Waals surface area contributed by atoms with Crippen molar-refractivity contribution in [3.8, 4) is 33.8 Å². The molecule has 4 nitrogen and oxygen atoms in total. The number of hydrogen-bond donors (Lipinski definition) is 1. The molecule has 0 aliphatic carbocycles. The summed E-state index contributed by atoms with van der Waals surface area (Å²) in [6, 6.07) is 22.6. The van der Waals surface area contributed by atoms with Gasteiger partial charge in [0.2, 0.25) is 0 Å². The molecular formula is C30H25F4NO3. The van der Waals surface area contributed by atoms with Gasteiger partial charge in [0.05, 0.1) is 7.11 Å². The molecule has 0 bridgehead atoms. The normalized spacial score (nSPS) is 11.2. The lowest BCUT2D eigenvalue weighted by Gasteiger charge is -2.16. The second kappa shape index (κ2) is 11.0. The predicted octanol–water partition coefficient (Wildman–Crippen LogP) is 7.86. The Morgan fingerprint density at radius 3 is 2.16 bits per heavy atom. The molecule has 0 unspecified atom stereocenters. The Balaban J connectivity index is 1.59. The Labute approximate surface area is 217 Å². The van der Waals surface area contributed by atoms with Gasteiger partial charge in [-0.05, 0) is 77.6 Å². The topological polar surface area (TPSA) is 47.6 Å². The van der Waals surface area contributed by atoms with Crippen molar-refractivity contribution in [3.63, 3.8) is 0 Å². The van der Waals surface area contributed by atoms with Gasteiger partial charge in [0, 0.05) is 11.3 Å². The van der Waals surface area contributed by atoms with E-state index < -0.39 is 17.9 Å². The van der Waals surface area contributed by atoms with E-state index in [2.05, 4.69) is 0 Å². The summed E-state index contributed by atoms with van der Waals surface area (Å²) in [4.78, 5) is 11.2. The van der Waals surface area contributed by atoms with Crippen molar-refractivity contribution in [1.29, 1.82) is 0 Å². The van der Waals surface area contributed by atoms with E-state index in [9.17, 15) is 22.4 Å². The van der Waals surface area contributed by atoms with Gasteiger partial charge in [0.15, 0.2) is 11.5 Å². The second-order valence-corrected chi connectivity index (χ2v) is 8.77. The van der Waals surface area contributed by atoms with Crippen molar-refractivity contribution in [2.75, 3.05) is 12.4 Å². The summed E-state index contributed by atoms with van der Waals surface area (Å²) in [6.45, 7) is 4.11. The Bertz CT molecular complexity index is 1470. The number of carbonyl (C=O) groups is 1. The van der Waals surface area contributed by atoms with Crippen LogP contribution in [0.2, 0.25) is 0 Å². The quantitative estimate of drug-likeness (QED) is 0.251. The van der Waals surface area contributed by atoms with Crippen molar-refractivity contribution < 1.29 is 31.8 Å². The first-order chi connectivity index (χ1) is 18.1. The molecule has 0 aromatic heterocycles. The number of ether oxygens (including phenoxy) is 2. The van der Waals surface area contributed by atoms with E-state index in [0.29, 0.717) is 23.7 Å². The molecular weight excluding hydrogens is 498 g/mol. The molecule has 4 aromatic carbocycles. The number of methoxy groups -OCH3 is 1. The Morgan fingerprint density at radius 2 is 1.50 bits per heavy atom. The maximum atomic E-state index is 14.9. The molecule has 0 aliphatic rings. The minimum Gasteiger partial charge on any atom is -0.493 e. The summed E-state index contributed by atoms with van der Waals surface area (Å²) in [6.07, 6.45) is -5.06. The van der Waals surface area contributed by atoms with Crippen molar-refractivity contribution in [3.05, 3.63) is 101 Å². The van der Waals surface area contributed by atoms with Crippen molar-refractivity contribution in [2.45, 2.75) is 26.6 Å². The first-order valence-electron chi connectivity index (χ1n) is 11.7. The monoisotopic (exact) mass is 523 g/mol. The lowest BCUT2D eigenvalue weighted by Crippen LogP contribution is -2.29. The van der Waals surface area contributed by atoms with Gasteiger partial charge in [-0.1, -0.05) is 48.5 Å². The van der Waals surface area contributed by atoms with Crippen LogP contribution in [0.1, 0.15) is 16.7 Å². The molecule has 0 fully saturated rings. The summed E-state index contributed by atoms with van der Waals surface area (Å²) in [7, 11) is 1.57. The SMILES string of the molecule is COc1cc(-c2cc(C)c(-c3ccc(NC(=O)C(F)(F)F)cc3F)cc2C)ccc1OCc1ccccc1. The number of halogens is 4. The standard InChI is InChI=1S/C30H25F4NO3/c1-18-14-25(23-11-10-22(16-26(23)31)35-29(36)30(32,33)34)19(2)13-24(18)21-9-12-27(28(15-21)37-3)38-17-20-7-5-4-6-8-20/h4-16H,17H2,1-3H3,(H,35,36). The number of hydrogen-bond acceptors (Lipinski definition) is 3. The average Bonchev–Trinajstić information content (AvgIpc) is 2.89. The lowest BCUT2D eigenvalue weighted by molar-refractivity contribution is -0.167. The van der Waals surface area contributed by atoms with Crippen LogP contribution in [0.4, 0.5) is 23.2 Å². The summed E-state index contributed by atoms with van der Waals surface area (Å²) in [5, 5.41) is 1.67. The molecule has 0 saturated carbocycles. The molecule has 1 N–H and O–H groups in total. The molecule has 0 radical (unpaired) electrons. The van der Waals surface area contributed by atoms with E-state index >= 15 is 0 Å². The maximum Gasteiger partial charge on any atom is 0.471 e. The average molecular weight is 524 g/mol. The maximum absolute atomic E-state index is 14.9. The first-order valence-corrected chi connectivity index (χ1v) is 11.7. The van der Waals surface area contributed by atoms with E-state index in [-0.39, 0.29) is 11.3 Å².